The third-order valence-electron chi connectivity index (χ3n) is 5.64. The van der Waals surface area contributed by atoms with Crippen molar-refractivity contribution in [3.05, 3.63) is 29.8 Å². The van der Waals surface area contributed by atoms with Gasteiger partial charge in [0.2, 0.25) is 11.8 Å². The van der Waals surface area contributed by atoms with Gasteiger partial charge < -0.3 is 21.3 Å². The molecular formula is C20H26Cl2N5O3+. The van der Waals surface area contributed by atoms with Gasteiger partial charge in [-0.2, -0.15) is 0 Å². The molecule has 1 aromatic carbocycles. The van der Waals surface area contributed by atoms with E-state index in [4.69, 9.17) is 34.3 Å². The Balaban J connectivity index is 1.59. The average molecular weight is 455 g/mol. The van der Waals surface area contributed by atoms with Crippen LogP contribution in [0.3, 0.4) is 0 Å². The van der Waals surface area contributed by atoms with Gasteiger partial charge in [-0.3, -0.25) is 14.4 Å². The minimum absolute atomic E-state index is 0.0143. The van der Waals surface area contributed by atoms with E-state index in [2.05, 4.69) is 10.6 Å². The monoisotopic (exact) mass is 454 g/mol. The molecule has 0 unspecified atom stereocenters. The molecule has 2 fully saturated rings. The summed E-state index contributed by atoms with van der Waals surface area (Å²) >= 11 is 12.2. The number of primary amides is 1. The summed E-state index contributed by atoms with van der Waals surface area (Å²) in [5.41, 5.74) is 6.12. The maximum atomic E-state index is 12.8. The lowest BCUT2D eigenvalue weighted by Gasteiger charge is -2.26. The maximum absolute atomic E-state index is 12.8. The Morgan fingerprint density at radius 1 is 1.33 bits per heavy atom. The summed E-state index contributed by atoms with van der Waals surface area (Å²) < 4.78 is -0.779. The summed E-state index contributed by atoms with van der Waals surface area (Å²) in [6, 6.07) is 6.13. The number of nitrogens with zero attached hydrogens (tertiary/aromatic N) is 1. The molecule has 3 amide bonds. The highest BCUT2D eigenvalue weighted by molar-refractivity contribution is 6.51. The Hall–Kier alpha value is -2.32. The summed E-state index contributed by atoms with van der Waals surface area (Å²) in [6.07, 6.45) is 1.98. The van der Waals surface area contributed by atoms with Crippen LogP contribution in [-0.2, 0) is 14.4 Å². The third kappa shape index (κ3) is 4.87. The average Bonchev–Trinajstić information content (AvgIpc) is 3.11. The number of hydrogen-bond donors (Lipinski definition) is 4. The number of benzene rings is 1. The molecule has 1 aliphatic heterocycles. The van der Waals surface area contributed by atoms with Gasteiger partial charge in [-0.05, 0) is 38.3 Å². The Morgan fingerprint density at radius 2 is 2.00 bits per heavy atom. The number of alkyl halides is 2. The fourth-order valence-electron chi connectivity index (χ4n) is 3.81. The van der Waals surface area contributed by atoms with E-state index in [0.717, 1.165) is 6.42 Å². The molecule has 0 bridgehead atoms. The molecule has 162 valence electrons. The molecular weight excluding hydrogens is 429 g/mol. The number of para-hydroxylation sites is 1. The second kappa shape index (κ2) is 8.81. The minimum Gasteiger partial charge on any atom is -0.375 e. The number of carbonyl (C=O) groups is 3. The summed E-state index contributed by atoms with van der Waals surface area (Å²) in [6.45, 7) is 2.33. The van der Waals surface area contributed by atoms with Crippen molar-refractivity contribution in [2.24, 2.45) is 11.7 Å². The SMILES string of the molecule is C[C@@H](NC(=O)[C@@H]1CCCN1C(=O)CNc1ccccc1C(=[NH2+])C(N)=O)[C@H]1CC1(Cl)Cl. The van der Waals surface area contributed by atoms with Crippen LogP contribution in [0.5, 0.6) is 0 Å². The molecule has 1 saturated heterocycles. The first-order valence-electron chi connectivity index (χ1n) is 9.85. The van der Waals surface area contributed by atoms with Gasteiger partial charge in [-0.15, -0.1) is 23.2 Å². The van der Waals surface area contributed by atoms with Crippen molar-refractivity contribution in [3.8, 4) is 0 Å². The topological polar surface area (TPSA) is 130 Å². The van der Waals surface area contributed by atoms with Crippen molar-refractivity contribution in [1.29, 1.82) is 0 Å². The molecule has 1 aliphatic carbocycles. The summed E-state index contributed by atoms with van der Waals surface area (Å²) in [4.78, 5) is 38.5. The zero-order chi connectivity index (χ0) is 22.1. The number of anilines is 1. The van der Waals surface area contributed by atoms with Crippen LogP contribution in [0.1, 0.15) is 31.7 Å². The first kappa shape index (κ1) is 22.4. The van der Waals surface area contributed by atoms with Gasteiger partial charge >= 0.3 is 5.91 Å². The van der Waals surface area contributed by atoms with E-state index in [0.29, 0.717) is 30.6 Å². The molecule has 8 nitrogen and oxygen atoms in total. The number of likely N-dealkylation sites (tertiary alicyclic amines) is 1. The Kier molecular flexibility index (Phi) is 6.57. The molecule has 0 spiro atoms. The highest BCUT2D eigenvalue weighted by Crippen LogP contribution is 2.54. The highest BCUT2D eigenvalue weighted by atomic mass is 35.5. The van der Waals surface area contributed by atoms with Gasteiger partial charge in [0.05, 0.1) is 12.1 Å². The fourth-order valence-corrected chi connectivity index (χ4v) is 4.52. The smallest absolute Gasteiger partial charge is 0.313 e. The first-order chi connectivity index (χ1) is 14.1. The molecule has 1 heterocycles. The van der Waals surface area contributed by atoms with Gasteiger partial charge in [-0.1, -0.05) is 12.1 Å². The number of carbonyl (C=O) groups excluding carboxylic acids is 3. The van der Waals surface area contributed by atoms with Gasteiger partial charge in [0.1, 0.15) is 10.4 Å². The molecule has 6 N–H and O–H groups in total. The van der Waals surface area contributed by atoms with Crippen LogP contribution < -0.4 is 21.8 Å². The van der Waals surface area contributed by atoms with Crippen LogP contribution in [-0.4, -0.2) is 57.8 Å². The highest BCUT2D eigenvalue weighted by Gasteiger charge is 2.55. The van der Waals surface area contributed by atoms with E-state index in [1.165, 1.54) is 0 Å². The minimum atomic E-state index is -0.779. The van der Waals surface area contributed by atoms with Crippen molar-refractivity contribution >= 4 is 52.3 Å². The normalized spacial score (nSPS) is 22.8. The van der Waals surface area contributed by atoms with Crippen LogP contribution in [0.25, 0.3) is 0 Å². The van der Waals surface area contributed by atoms with Crippen molar-refractivity contribution in [2.45, 2.75) is 42.6 Å². The van der Waals surface area contributed by atoms with E-state index in [1.54, 1.807) is 29.2 Å². The molecule has 0 radical (unpaired) electrons. The number of halogens is 2. The molecule has 1 saturated carbocycles. The van der Waals surface area contributed by atoms with Gasteiger partial charge in [0.15, 0.2) is 0 Å². The lowest BCUT2D eigenvalue weighted by molar-refractivity contribution is -0.137. The Bertz CT molecular complexity index is 876. The van der Waals surface area contributed by atoms with E-state index < -0.39 is 16.3 Å². The van der Waals surface area contributed by atoms with E-state index >= 15 is 0 Å². The third-order valence-corrected chi connectivity index (χ3v) is 6.51. The predicted molar refractivity (Wildman–Crippen MR) is 115 cm³/mol. The fraction of sp³-hybridized carbons (Fsp3) is 0.500. The maximum Gasteiger partial charge on any atom is 0.313 e. The number of amides is 3. The number of nitrogens with two attached hydrogens (primary N) is 2. The number of hydrogen-bond acceptors (Lipinski definition) is 4. The Labute approximate surface area is 185 Å². The summed E-state index contributed by atoms with van der Waals surface area (Å²) in [5.74, 6) is -1.14. The van der Waals surface area contributed by atoms with Crippen molar-refractivity contribution in [2.75, 3.05) is 18.4 Å². The van der Waals surface area contributed by atoms with Crippen molar-refractivity contribution in [1.82, 2.24) is 10.2 Å². The second-order valence-electron chi connectivity index (χ2n) is 7.79. The molecule has 3 rings (SSSR count). The van der Waals surface area contributed by atoms with Crippen LogP contribution in [0, 0.1) is 5.92 Å². The summed E-state index contributed by atoms with van der Waals surface area (Å²) in [7, 11) is 0. The Morgan fingerprint density at radius 3 is 2.63 bits per heavy atom. The summed E-state index contributed by atoms with van der Waals surface area (Å²) in [5, 5.41) is 11.7. The zero-order valence-corrected chi connectivity index (χ0v) is 18.2. The van der Waals surface area contributed by atoms with Crippen LogP contribution in [0.4, 0.5) is 5.69 Å². The molecule has 0 aromatic heterocycles. The second-order valence-corrected chi connectivity index (χ2v) is 9.33. The lowest BCUT2D eigenvalue weighted by atomic mass is 10.1. The number of rotatable bonds is 8. The van der Waals surface area contributed by atoms with Crippen LogP contribution in [0.2, 0.25) is 0 Å². The van der Waals surface area contributed by atoms with Crippen molar-refractivity contribution < 1.29 is 19.8 Å². The number of nitrogens with one attached hydrogen (secondary N) is 2. The van der Waals surface area contributed by atoms with E-state index in [-0.39, 0.29) is 36.0 Å². The molecule has 10 heteroatoms. The standard InChI is InChI=1S/C20H25Cl2N5O3/c1-11(13-9-20(13,21)22)26-19(30)15-7-4-8-27(15)16(28)10-25-14-6-3-2-5-12(14)17(23)18(24)29/h2-3,5-6,11,13,15,23,25H,4,7-10H2,1H3,(H2,24,29)(H,26,30)/p+1/t11-,13-,15+/m1/s1. The molecule has 2 aliphatic rings. The van der Waals surface area contributed by atoms with Crippen LogP contribution >= 0.6 is 23.2 Å². The van der Waals surface area contributed by atoms with E-state index in [9.17, 15) is 14.4 Å². The molecule has 1 aromatic rings. The van der Waals surface area contributed by atoms with Crippen LogP contribution in [0.15, 0.2) is 24.3 Å². The first-order valence-corrected chi connectivity index (χ1v) is 10.6. The molecule has 3 atom stereocenters. The molecule has 30 heavy (non-hydrogen) atoms. The lowest BCUT2D eigenvalue weighted by Crippen LogP contribution is -2.50. The predicted octanol–water partition coefficient (Wildman–Crippen LogP) is -0.178. The van der Waals surface area contributed by atoms with Crippen molar-refractivity contribution in [3.63, 3.8) is 0 Å². The van der Waals surface area contributed by atoms with Gasteiger partial charge in [0, 0.05) is 24.2 Å². The zero-order valence-electron chi connectivity index (χ0n) is 16.7. The van der Waals surface area contributed by atoms with Gasteiger partial charge in [0.25, 0.3) is 5.71 Å². The van der Waals surface area contributed by atoms with Gasteiger partial charge in [-0.25, -0.2) is 5.41 Å². The largest absolute Gasteiger partial charge is 0.375 e. The van der Waals surface area contributed by atoms with E-state index in [1.807, 2.05) is 6.92 Å². The quantitative estimate of drug-likeness (QED) is 0.320.